The number of benzene rings is 1. The highest BCUT2D eigenvalue weighted by molar-refractivity contribution is 5.18. The molecule has 22 heavy (non-hydrogen) atoms. The SMILES string of the molecule is CC(C)=CCC/C(C)=C/COC(C)(C)Cc1cccc(F)c1. The summed E-state index contributed by atoms with van der Waals surface area (Å²) >= 11 is 0. The van der Waals surface area contributed by atoms with E-state index in [9.17, 15) is 4.39 Å². The molecule has 0 spiro atoms. The highest BCUT2D eigenvalue weighted by Crippen LogP contribution is 2.18. The number of hydrogen-bond acceptors (Lipinski definition) is 1. The van der Waals surface area contributed by atoms with Gasteiger partial charge in [-0.15, -0.1) is 0 Å². The molecule has 1 rings (SSSR count). The number of hydrogen-bond donors (Lipinski definition) is 0. The molecular formula is C20H29FO. The summed E-state index contributed by atoms with van der Waals surface area (Å²) in [6.45, 7) is 11.1. The molecule has 0 aliphatic rings. The van der Waals surface area contributed by atoms with E-state index in [-0.39, 0.29) is 11.4 Å². The minimum absolute atomic E-state index is 0.191. The Bertz CT molecular complexity index is 522. The quantitative estimate of drug-likeness (QED) is 0.547. The number of rotatable bonds is 8. The van der Waals surface area contributed by atoms with Crippen molar-refractivity contribution in [2.24, 2.45) is 0 Å². The minimum atomic E-state index is -0.301. The van der Waals surface area contributed by atoms with Gasteiger partial charge in [-0.1, -0.05) is 35.4 Å². The molecule has 0 aliphatic carbocycles. The zero-order chi connectivity index (χ0) is 16.6. The van der Waals surface area contributed by atoms with Crippen LogP contribution in [0.15, 0.2) is 47.6 Å². The Kier molecular flexibility index (Phi) is 7.53. The summed E-state index contributed by atoms with van der Waals surface area (Å²) in [5.41, 5.74) is 3.37. The lowest BCUT2D eigenvalue weighted by Crippen LogP contribution is -2.27. The Morgan fingerprint density at radius 3 is 2.55 bits per heavy atom. The molecule has 0 N–H and O–H groups in total. The van der Waals surface area contributed by atoms with E-state index < -0.39 is 0 Å². The Labute approximate surface area is 134 Å². The molecule has 1 nitrogen and oxygen atoms in total. The van der Waals surface area contributed by atoms with Gasteiger partial charge in [0, 0.05) is 6.42 Å². The van der Waals surface area contributed by atoms with Crippen LogP contribution in [0.3, 0.4) is 0 Å². The average molecular weight is 304 g/mol. The molecule has 122 valence electrons. The van der Waals surface area contributed by atoms with Crippen molar-refractivity contribution in [1.82, 2.24) is 0 Å². The first-order valence-electron chi connectivity index (χ1n) is 7.96. The number of allylic oxidation sites excluding steroid dienone is 3. The van der Waals surface area contributed by atoms with Crippen LogP contribution in [0.2, 0.25) is 0 Å². The standard InChI is InChI=1S/C20H29FO/c1-16(2)8-6-9-17(3)12-13-22-20(4,5)15-18-10-7-11-19(21)14-18/h7-8,10-12,14H,6,9,13,15H2,1-5H3/b17-12+. The summed E-state index contributed by atoms with van der Waals surface area (Å²) in [6, 6.07) is 6.73. The van der Waals surface area contributed by atoms with Crippen molar-refractivity contribution < 1.29 is 9.13 Å². The minimum Gasteiger partial charge on any atom is -0.371 e. The van der Waals surface area contributed by atoms with Crippen LogP contribution >= 0.6 is 0 Å². The lowest BCUT2D eigenvalue weighted by molar-refractivity contribution is -0.000516. The van der Waals surface area contributed by atoms with Gasteiger partial charge in [-0.05, 0) is 65.2 Å². The maximum atomic E-state index is 13.2. The first kappa shape index (κ1) is 18.6. The van der Waals surface area contributed by atoms with Gasteiger partial charge in [0.1, 0.15) is 5.82 Å². The van der Waals surface area contributed by atoms with E-state index in [1.165, 1.54) is 17.2 Å². The Morgan fingerprint density at radius 1 is 1.18 bits per heavy atom. The fraction of sp³-hybridized carbons (Fsp3) is 0.500. The third-order valence-corrected chi connectivity index (χ3v) is 3.52. The monoisotopic (exact) mass is 304 g/mol. The van der Waals surface area contributed by atoms with Gasteiger partial charge >= 0.3 is 0 Å². The molecule has 0 bridgehead atoms. The van der Waals surface area contributed by atoms with Crippen LogP contribution in [0.4, 0.5) is 4.39 Å². The topological polar surface area (TPSA) is 9.23 Å². The van der Waals surface area contributed by atoms with E-state index in [0.717, 1.165) is 18.4 Å². The van der Waals surface area contributed by atoms with Crippen LogP contribution in [0.25, 0.3) is 0 Å². The van der Waals surface area contributed by atoms with Crippen LogP contribution < -0.4 is 0 Å². The maximum Gasteiger partial charge on any atom is 0.123 e. The van der Waals surface area contributed by atoms with Crippen LogP contribution in [0.5, 0.6) is 0 Å². The van der Waals surface area contributed by atoms with Gasteiger partial charge in [-0.3, -0.25) is 0 Å². The van der Waals surface area contributed by atoms with Crippen molar-refractivity contribution in [2.75, 3.05) is 6.61 Å². The summed E-state index contributed by atoms with van der Waals surface area (Å²) in [5.74, 6) is -0.191. The smallest absolute Gasteiger partial charge is 0.123 e. The van der Waals surface area contributed by atoms with Gasteiger partial charge in [-0.25, -0.2) is 4.39 Å². The fourth-order valence-corrected chi connectivity index (χ4v) is 2.29. The third kappa shape index (κ3) is 8.14. The van der Waals surface area contributed by atoms with Gasteiger partial charge in [0.05, 0.1) is 12.2 Å². The van der Waals surface area contributed by atoms with Gasteiger partial charge in [-0.2, -0.15) is 0 Å². The van der Waals surface area contributed by atoms with Gasteiger partial charge < -0.3 is 4.74 Å². The summed E-state index contributed by atoms with van der Waals surface area (Å²) < 4.78 is 19.2. The molecule has 0 aromatic heterocycles. The van der Waals surface area contributed by atoms with Crippen molar-refractivity contribution in [3.8, 4) is 0 Å². The average Bonchev–Trinajstić information content (AvgIpc) is 2.37. The normalized spacial score (nSPS) is 12.4. The molecule has 0 heterocycles. The molecule has 1 aromatic rings. The molecular weight excluding hydrogens is 275 g/mol. The summed E-state index contributed by atoms with van der Waals surface area (Å²) in [6.07, 6.45) is 7.25. The van der Waals surface area contributed by atoms with Crippen LogP contribution in [0.1, 0.15) is 53.0 Å². The summed E-state index contributed by atoms with van der Waals surface area (Å²) in [4.78, 5) is 0. The van der Waals surface area contributed by atoms with E-state index in [0.29, 0.717) is 13.0 Å². The molecule has 0 atom stereocenters. The third-order valence-electron chi connectivity index (χ3n) is 3.52. The zero-order valence-corrected chi connectivity index (χ0v) is 14.6. The number of ether oxygens (including phenoxy) is 1. The molecule has 0 unspecified atom stereocenters. The van der Waals surface area contributed by atoms with Crippen molar-refractivity contribution in [2.45, 2.75) is 59.5 Å². The lowest BCUT2D eigenvalue weighted by Gasteiger charge is -2.25. The Hall–Kier alpha value is -1.41. The number of halogens is 1. The Morgan fingerprint density at radius 2 is 1.91 bits per heavy atom. The second kappa shape index (κ2) is 8.89. The van der Waals surface area contributed by atoms with Crippen LogP contribution in [0, 0.1) is 5.82 Å². The maximum absolute atomic E-state index is 13.2. The fourth-order valence-electron chi connectivity index (χ4n) is 2.29. The van der Waals surface area contributed by atoms with Gasteiger partial charge in [0.15, 0.2) is 0 Å². The molecule has 2 heteroatoms. The molecule has 0 aliphatic heterocycles. The van der Waals surface area contributed by atoms with Crippen molar-refractivity contribution in [3.05, 3.63) is 58.9 Å². The molecule has 0 radical (unpaired) electrons. The van der Waals surface area contributed by atoms with E-state index in [2.05, 4.69) is 32.9 Å². The van der Waals surface area contributed by atoms with E-state index >= 15 is 0 Å². The van der Waals surface area contributed by atoms with Crippen molar-refractivity contribution >= 4 is 0 Å². The largest absolute Gasteiger partial charge is 0.371 e. The summed E-state index contributed by atoms with van der Waals surface area (Å²) in [7, 11) is 0. The van der Waals surface area contributed by atoms with Gasteiger partial charge in [0.2, 0.25) is 0 Å². The first-order chi connectivity index (χ1) is 10.3. The van der Waals surface area contributed by atoms with E-state index in [1.54, 1.807) is 12.1 Å². The predicted octanol–water partition coefficient (Wildman–Crippen LogP) is 5.86. The summed E-state index contributed by atoms with van der Waals surface area (Å²) in [5, 5.41) is 0. The molecule has 0 fully saturated rings. The molecule has 0 saturated heterocycles. The van der Waals surface area contributed by atoms with E-state index in [4.69, 9.17) is 4.74 Å². The molecule has 1 aromatic carbocycles. The lowest BCUT2D eigenvalue weighted by atomic mass is 9.98. The first-order valence-corrected chi connectivity index (χ1v) is 7.96. The van der Waals surface area contributed by atoms with Crippen molar-refractivity contribution in [1.29, 1.82) is 0 Å². The van der Waals surface area contributed by atoms with Crippen LogP contribution in [-0.2, 0) is 11.2 Å². The van der Waals surface area contributed by atoms with E-state index in [1.807, 2.05) is 19.9 Å². The highest BCUT2D eigenvalue weighted by atomic mass is 19.1. The van der Waals surface area contributed by atoms with Gasteiger partial charge in [0.25, 0.3) is 0 Å². The van der Waals surface area contributed by atoms with Crippen LogP contribution in [-0.4, -0.2) is 12.2 Å². The Balaban J connectivity index is 2.43. The van der Waals surface area contributed by atoms with Crippen molar-refractivity contribution in [3.63, 3.8) is 0 Å². The second-order valence-corrected chi connectivity index (χ2v) is 6.75. The highest BCUT2D eigenvalue weighted by Gasteiger charge is 2.18. The molecule has 0 saturated carbocycles. The second-order valence-electron chi connectivity index (χ2n) is 6.75. The predicted molar refractivity (Wildman–Crippen MR) is 92.6 cm³/mol. The zero-order valence-electron chi connectivity index (χ0n) is 14.6. The molecule has 0 amide bonds.